The zero-order valence-corrected chi connectivity index (χ0v) is 11.9. The van der Waals surface area contributed by atoms with Crippen LogP contribution in [0.4, 0.5) is 4.39 Å². The molecule has 3 nitrogen and oxygen atoms in total. The highest BCUT2D eigenvalue weighted by molar-refractivity contribution is 5.10. The van der Waals surface area contributed by atoms with Crippen LogP contribution >= 0.6 is 0 Å². The predicted molar refractivity (Wildman–Crippen MR) is 73.3 cm³/mol. The van der Waals surface area contributed by atoms with Crippen LogP contribution in [0.2, 0.25) is 0 Å². The Morgan fingerprint density at radius 1 is 1.26 bits per heavy atom. The molecule has 1 aromatic rings. The first-order chi connectivity index (χ1) is 8.93. The van der Waals surface area contributed by atoms with Gasteiger partial charge in [-0.15, -0.1) is 0 Å². The third-order valence-electron chi connectivity index (χ3n) is 4.43. The van der Waals surface area contributed by atoms with E-state index in [0.717, 1.165) is 25.3 Å². The molecule has 0 aromatic carbocycles. The van der Waals surface area contributed by atoms with E-state index in [1.165, 1.54) is 18.7 Å². The molecule has 3 fully saturated rings. The number of rotatable bonds is 2. The SMILES string of the molecule is CC(C)(C)N1CC2CC(C1)N2Cc1ccc(F)cn1. The number of fused-ring (bicyclic) bond motifs is 2. The minimum atomic E-state index is -0.258. The van der Waals surface area contributed by atoms with Crippen molar-refractivity contribution in [1.29, 1.82) is 0 Å². The highest BCUT2D eigenvalue weighted by Crippen LogP contribution is 2.36. The number of hydrogen-bond acceptors (Lipinski definition) is 3. The fraction of sp³-hybridized carbons (Fsp3) is 0.667. The van der Waals surface area contributed by atoms with E-state index >= 15 is 0 Å². The summed E-state index contributed by atoms with van der Waals surface area (Å²) in [6, 6.07) is 4.58. The van der Waals surface area contributed by atoms with Gasteiger partial charge in [0.05, 0.1) is 11.9 Å². The Balaban J connectivity index is 1.63. The third-order valence-corrected chi connectivity index (χ3v) is 4.43. The van der Waals surface area contributed by atoms with Gasteiger partial charge in [-0.1, -0.05) is 0 Å². The quantitative estimate of drug-likeness (QED) is 0.816. The van der Waals surface area contributed by atoms with Crippen LogP contribution in [0.25, 0.3) is 0 Å². The van der Waals surface area contributed by atoms with E-state index in [-0.39, 0.29) is 11.4 Å². The highest BCUT2D eigenvalue weighted by atomic mass is 19.1. The lowest BCUT2D eigenvalue weighted by molar-refractivity contribution is -0.100. The molecule has 0 spiro atoms. The number of piperidine rings is 1. The molecule has 19 heavy (non-hydrogen) atoms. The van der Waals surface area contributed by atoms with Gasteiger partial charge in [-0.3, -0.25) is 14.8 Å². The highest BCUT2D eigenvalue weighted by Gasteiger charge is 2.46. The van der Waals surface area contributed by atoms with E-state index in [1.807, 2.05) is 0 Å². The third kappa shape index (κ3) is 2.51. The Kier molecular flexibility index (Phi) is 3.10. The fourth-order valence-corrected chi connectivity index (χ4v) is 3.18. The van der Waals surface area contributed by atoms with Gasteiger partial charge in [0.25, 0.3) is 0 Å². The predicted octanol–water partition coefficient (Wildman–Crippen LogP) is 2.28. The first kappa shape index (κ1) is 13.0. The molecule has 3 saturated heterocycles. The lowest BCUT2D eigenvalue weighted by Gasteiger charge is -2.59. The number of pyridine rings is 1. The molecule has 0 saturated carbocycles. The molecule has 0 amide bonds. The Labute approximate surface area is 114 Å². The number of hydrogen-bond donors (Lipinski definition) is 0. The fourth-order valence-electron chi connectivity index (χ4n) is 3.18. The van der Waals surface area contributed by atoms with Crippen molar-refractivity contribution in [2.45, 2.75) is 51.4 Å². The first-order valence-electron chi connectivity index (χ1n) is 7.05. The van der Waals surface area contributed by atoms with Crippen molar-refractivity contribution in [1.82, 2.24) is 14.8 Å². The lowest BCUT2D eigenvalue weighted by atomic mass is 9.84. The van der Waals surface area contributed by atoms with Gasteiger partial charge < -0.3 is 0 Å². The largest absolute Gasteiger partial charge is 0.295 e. The zero-order chi connectivity index (χ0) is 13.6. The number of nitrogens with zero attached hydrogens (tertiary/aromatic N) is 3. The average molecular weight is 263 g/mol. The minimum Gasteiger partial charge on any atom is -0.295 e. The summed E-state index contributed by atoms with van der Waals surface area (Å²) in [7, 11) is 0. The molecule has 2 atom stereocenters. The molecular formula is C15H22FN3. The Morgan fingerprint density at radius 3 is 2.47 bits per heavy atom. The molecule has 2 unspecified atom stereocenters. The Bertz CT molecular complexity index is 439. The molecule has 0 N–H and O–H groups in total. The smallest absolute Gasteiger partial charge is 0.141 e. The normalized spacial score (nSPS) is 28.2. The van der Waals surface area contributed by atoms with Gasteiger partial charge in [0.2, 0.25) is 0 Å². The maximum Gasteiger partial charge on any atom is 0.141 e. The van der Waals surface area contributed by atoms with Gasteiger partial charge in [-0.25, -0.2) is 4.39 Å². The van der Waals surface area contributed by atoms with E-state index < -0.39 is 0 Å². The van der Waals surface area contributed by atoms with Crippen molar-refractivity contribution < 1.29 is 4.39 Å². The minimum absolute atomic E-state index is 0.258. The van der Waals surface area contributed by atoms with Crippen molar-refractivity contribution in [2.24, 2.45) is 0 Å². The van der Waals surface area contributed by atoms with E-state index in [4.69, 9.17) is 0 Å². The summed E-state index contributed by atoms with van der Waals surface area (Å²) < 4.78 is 12.9. The Morgan fingerprint density at radius 2 is 1.95 bits per heavy atom. The molecule has 104 valence electrons. The maximum absolute atomic E-state index is 12.9. The van der Waals surface area contributed by atoms with E-state index in [2.05, 4.69) is 35.6 Å². The second-order valence-corrected chi connectivity index (χ2v) is 6.76. The van der Waals surface area contributed by atoms with Crippen LogP contribution < -0.4 is 0 Å². The van der Waals surface area contributed by atoms with E-state index in [1.54, 1.807) is 6.07 Å². The van der Waals surface area contributed by atoms with Crippen molar-refractivity contribution >= 4 is 0 Å². The molecule has 3 aliphatic rings. The molecule has 4 heteroatoms. The number of piperazine rings is 1. The van der Waals surface area contributed by atoms with Gasteiger partial charge >= 0.3 is 0 Å². The average Bonchev–Trinajstić information content (AvgIpc) is 2.37. The molecule has 1 aromatic heterocycles. The van der Waals surface area contributed by atoms with Gasteiger partial charge in [0.1, 0.15) is 5.82 Å². The van der Waals surface area contributed by atoms with Gasteiger partial charge in [-0.05, 0) is 39.3 Å². The summed E-state index contributed by atoms with van der Waals surface area (Å²) in [5, 5.41) is 0. The van der Waals surface area contributed by atoms with Crippen molar-refractivity contribution in [3.63, 3.8) is 0 Å². The zero-order valence-electron chi connectivity index (χ0n) is 11.9. The Hall–Kier alpha value is -1.00. The monoisotopic (exact) mass is 263 g/mol. The van der Waals surface area contributed by atoms with Crippen molar-refractivity contribution in [2.75, 3.05) is 13.1 Å². The second kappa shape index (κ2) is 4.53. The standard InChI is InChI=1S/C15H22FN3/c1-15(2,3)18-9-13-6-14(10-18)19(13)8-12-5-4-11(16)7-17-12/h4-5,7,13-14H,6,8-10H2,1-3H3. The van der Waals surface area contributed by atoms with E-state index in [9.17, 15) is 4.39 Å². The summed E-state index contributed by atoms with van der Waals surface area (Å²) in [6.45, 7) is 9.98. The number of aromatic nitrogens is 1. The molecule has 0 aliphatic carbocycles. The van der Waals surface area contributed by atoms with Crippen LogP contribution in [0.1, 0.15) is 32.9 Å². The van der Waals surface area contributed by atoms with Crippen LogP contribution in [-0.2, 0) is 6.54 Å². The van der Waals surface area contributed by atoms with Crippen LogP contribution in [0.15, 0.2) is 18.3 Å². The van der Waals surface area contributed by atoms with Crippen LogP contribution in [0.3, 0.4) is 0 Å². The summed E-state index contributed by atoms with van der Waals surface area (Å²) >= 11 is 0. The van der Waals surface area contributed by atoms with E-state index in [0.29, 0.717) is 12.1 Å². The van der Waals surface area contributed by atoms with Gasteiger partial charge in [0, 0.05) is 37.3 Å². The molecule has 4 rings (SSSR count). The molecule has 0 radical (unpaired) electrons. The molecular weight excluding hydrogens is 241 g/mol. The van der Waals surface area contributed by atoms with Gasteiger partial charge in [0.15, 0.2) is 0 Å². The van der Waals surface area contributed by atoms with Crippen LogP contribution in [0, 0.1) is 5.82 Å². The second-order valence-electron chi connectivity index (χ2n) is 6.76. The summed E-state index contributed by atoms with van der Waals surface area (Å²) in [6.07, 6.45) is 2.61. The van der Waals surface area contributed by atoms with Crippen molar-refractivity contribution in [3.8, 4) is 0 Å². The molecule has 3 aliphatic heterocycles. The van der Waals surface area contributed by atoms with Gasteiger partial charge in [-0.2, -0.15) is 0 Å². The van der Waals surface area contributed by atoms with Crippen LogP contribution in [0.5, 0.6) is 0 Å². The maximum atomic E-state index is 12.9. The number of halogens is 1. The van der Waals surface area contributed by atoms with Crippen LogP contribution in [-0.4, -0.2) is 45.5 Å². The summed E-state index contributed by atoms with van der Waals surface area (Å²) in [5.74, 6) is -0.258. The topological polar surface area (TPSA) is 19.4 Å². The molecule has 2 bridgehead atoms. The summed E-state index contributed by atoms with van der Waals surface area (Å²) in [5.41, 5.74) is 1.23. The lowest BCUT2D eigenvalue weighted by Crippen LogP contribution is -2.70. The first-order valence-corrected chi connectivity index (χ1v) is 7.05. The van der Waals surface area contributed by atoms with Crippen molar-refractivity contribution in [3.05, 3.63) is 29.8 Å². The summed E-state index contributed by atoms with van der Waals surface area (Å²) in [4.78, 5) is 9.25. The molecule has 4 heterocycles.